The van der Waals surface area contributed by atoms with E-state index >= 15 is 0 Å². The summed E-state index contributed by atoms with van der Waals surface area (Å²) >= 11 is 0. The van der Waals surface area contributed by atoms with Crippen molar-refractivity contribution in [3.8, 4) is 0 Å². The van der Waals surface area contributed by atoms with E-state index in [1.165, 1.54) is 19.3 Å². The van der Waals surface area contributed by atoms with Gasteiger partial charge in [-0.05, 0) is 69.4 Å². The highest BCUT2D eigenvalue weighted by Crippen LogP contribution is 2.20. The van der Waals surface area contributed by atoms with Gasteiger partial charge in [0.25, 0.3) is 0 Å². The van der Waals surface area contributed by atoms with Crippen LogP contribution in [0, 0.1) is 5.92 Å². The quantitative estimate of drug-likeness (QED) is 0.679. The number of rotatable bonds is 9. The molecule has 3 rings (SSSR count). The molecule has 2 fully saturated rings. The zero-order valence-electron chi connectivity index (χ0n) is 17.1. The van der Waals surface area contributed by atoms with Crippen LogP contribution >= 0.6 is 0 Å². The summed E-state index contributed by atoms with van der Waals surface area (Å²) in [5, 5.41) is 6.30. The Morgan fingerprint density at radius 2 is 1.89 bits per heavy atom. The van der Waals surface area contributed by atoms with Crippen molar-refractivity contribution in [1.82, 2.24) is 20.4 Å². The van der Waals surface area contributed by atoms with E-state index in [9.17, 15) is 9.59 Å². The molecule has 2 amide bonds. The van der Waals surface area contributed by atoms with Crippen LogP contribution in [0.2, 0.25) is 0 Å². The molecule has 0 aromatic heterocycles. The average molecular weight is 387 g/mol. The van der Waals surface area contributed by atoms with Crippen LogP contribution in [0.15, 0.2) is 24.3 Å². The number of hydrogen-bond donors (Lipinski definition) is 2. The lowest BCUT2D eigenvalue weighted by Gasteiger charge is -2.31. The first kappa shape index (κ1) is 20.8. The summed E-state index contributed by atoms with van der Waals surface area (Å²) in [5.74, 6) is 1.10. The fraction of sp³-hybridized carbons (Fsp3) is 0.636. The number of piperidine rings is 1. The van der Waals surface area contributed by atoms with E-state index in [4.69, 9.17) is 0 Å². The van der Waals surface area contributed by atoms with Crippen molar-refractivity contribution in [2.24, 2.45) is 5.92 Å². The number of hydrogen-bond acceptors (Lipinski definition) is 4. The predicted octanol–water partition coefficient (Wildman–Crippen LogP) is 1.75. The molecule has 2 aliphatic rings. The van der Waals surface area contributed by atoms with Crippen LogP contribution in [0.3, 0.4) is 0 Å². The molecule has 1 aromatic carbocycles. The number of likely N-dealkylation sites (tertiary alicyclic amines) is 2. The minimum Gasteiger partial charge on any atom is -0.351 e. The summed E-state index contributed by atoms with van der Waals surface area (Å²) in [4.78, 5) is 28.5. The van der Waals surface area contributed by atoms with Crippen LogP contribution < -0.4 is 10.6 Å². The lowest BCUT2D eigenvalue weighted by Crippen LogP contribution is -2.41. The molecule has 0 radical (unpaired) electrons. The van der Waals surface area contributed by atoms with Gasteiger partial charge in [0.15, 0.2) is 0 Å². The predicted molar refractivity (Wildman–Crippen MR) is 111 cm³/mol. The van der Waals surface area contributed by atoms with Gasteiger partial charge < -0.3 is 15.5 Å². The molecule has 0 spiro atoms. The van der Waals surface area contributed by atoms with Crippen molar-refractivity contribution >= 4 is 11.8 Å². The van der Waals surface area contributed by atoms with Gasteiger partial charge in [0.2, 0.25) is 11.8 Å². The third kappa shape index (κ3) is 6.04. The summed E-state index contributed by atoms with van der Waals surface area (Å²) in [6.07, 6.45) is 5.20. The van der Waals surface area contributed by atoms with E-state index in [2.05, 4.69) is 21.6 Å². The Balaban J connectivity index is 1.43. The van der Waals surface area contributed by atoms with Crippen LogP contribution in [0.25, 0.3) is 0 Å². The Morgan fingerprint density at radius 1 is 1.14 bits per heavy atom. The summed E-state index contributed by atoms with van der Waals surface area (Å²) in [7, 11) is 2.00. The van der Waals surface area contributed by atoms with Crippen LogP contribution in [0.4, 0.5) is 0 Å². The van der Waals surface area contributed by atoms with Crippen molar-refractivity contribution in [1.29, 1.82) is 0 Å². The number of carbonyl (C=O) groups excluding carboxylic acids is 2. The van der Waals surface area contributed by atoms with Gasteiger partial charge in [0, 0.05) is 26.1 Å². The SMILES string of the molecule is CNCCC1CCN(CC(=O)NCc2ccccc2CN2CCCC2=O)CC1. The average Bonchev–Trinajstić information content (AvgIpc) is 3.11. The van der Waals surface area contributed by atoms with Gasteiger partial charge in [0.05, 0.1) is 6.54 Å². The van der Waals surface area contributed by atoms with Gasteiger partial charge in [0.1, 0.15) is 0 Å². The number of amides is 2. The number of benzene rings is 1. The van der Waals surface area contributed by atoms with E-state index in [-0.39, 0.29) is 11.8 Å². The van der Waals surface area contributed by atoms with E-state index in [1.54, 1.807) is 0 Å². The Labute approximate surface area is 168 Å². The van der Waals surface area contributed by atoms with E-state index in [0.29, 0.717) is 26.1 Å². The normalized spacial score (nSPS) is 18.6. The van der Waals surface area contributed by atoms with Crippen molar-refractivity contribution in [2.45, 2.75) is 45.2 Å². The molecular formula is C22H34N4O2. The first-order chi connectivity index (χ1) is 13.7. The van der Waals surface area contributed by atoms with E-state index < -0.39 is 0 Å². The minimum absolute atomic E-state index is 0.0840. The lowest BCUT2D eigenvalue weighted by molar-refractivity contribution is -0.128. The first-order valence-electron chi connectivity index (χ1n) is 10.6. The second-order valence-corrected chi connectivity index (χ2v) is 8.08. The molecule has 6 nitrogen and oxygen atoms in total. The summed E-state index contributed by atoms with van der Waals surface area (Å²) in [6.45, 7) is 5.58. The maximum Gasteiger partial charge on any atom is 0.234 e. The van der Waals surface area contributed by atoms with E-state index in [1.807, 2.05) is 30.1 Å². The Bertz CT molecular complexity index is 656. The smallest absolute Gasteiger partial charge is 0.234 e. The van der Waals surface area contributed by atoms with Gasteiger partial charge in [-0.15, -0.1) is 0 Å². The highest BCUT2D eigenvalue weighted by molar-refractivity contribution is 5.78. The zero-order valence-corrected chi connectivity index (χ0v) is 17.1. The van der Waals surface area contributed by atoms with Crippen molar-refractivity contribution < 1.29 is 9.59 Å². The van der Waals surface area contributed by atoms with Gasteiger partial charge >= 0.3 is 0 Å². The molecule has 0 atom stereocenters. The van der Waals surface area contributed by atoms with Crippen molar-refractivity contribution in [3.05, 3.63) is 35.4 Å². The Kier molecular flexibility index (Phi) is 7.86. The summed E-state index contributed by atoms with van der Waals surface area (Å²) in [6, 6.07) is 8.10. The van der Waals surface area contributed by atoms with Crippen LogP contribution in [-0.2, 0) is 22.7 Å². The molecule has 2 N–H and O–H groups in total. The van der Waals surface area contributed by atoms with Crippen LogP contribution in [-0.4, -0.2) is 61.4 Å². The summed E-state index contributed by atoms with van der Waals surface area (Å²) in [5.41, 5.74) is 2.23. The molecule has 1 aromatic rings. The molecule has 28 heavy (non-hydrogen) atoms. The number of nitrogens with one attached hydrogen (secondary N) is 2. The molecule has 2 saturated heterocycles. The molecular weight excluding hydrogens is 352 g/mol. The molecule has 154 valence electrons. The molecule has 2 aliphatic heterocycles. The Hall–Kier alpha value is -1.92. The molecule has 2 heterocycles. The lowest BCUT2D eigenvalue weighted by atomic mass is 9.93. The molecule has 0 bridgehead atoms. The largest absolute Gasteiger partial charge is 0.351 e. The van der Waals surface area contributed by atoms with Crippen molar-refractivity contribution in [3.63, 3.8) is 0 Å². The number of nitrogens with zero attached hydrogens (tertiary/aromatic N) is 2. The van der Waals surface area contributed by atoms with Gasteiger partial charge in [-0.2, -0.15) is 0 Å². The number of carbonyl (C=O) groups is 2. The molecule has 6 heteroatoms. The van der Waals surface area contributed by atoms with Crippen molar-refractivity contribution in [2.75, 3.05) is 39.8 Å². The zero-order chi connectivity index (χ0) is 19.8. The monoisotopic (exact) mass is 386 g/mol. The molecule has 0 unspecified atom stereocenters. The second kappa shape index (κ2) is 10.6. The fourth-order valence-corrected chi connectivity index (χ4v) is 4.20. The third-order valence-corrected chi connectivity index (χ3v) is 6.00. The highest BCUT2D eigenvalue weighted by atomic mass is 16.2. The van der Waals surface area contributed by atoms with Gasteiger partial charge in [-0.25, -0.2) is 0 Å². The topological polar surface area (TPSA) is 64.7 Å². The third-order valence-electron chi connectivity index (χ3n) is 6.00. The molecule has 0 aliphatic carbocycles. The fourth-order valence-electron chi connectivity index (χ4n) is 4.20. The van der Waals surface area contributed by atoms with Gasteiger partial charge in [-0.3, -0.25) is 14.5 Å². The minimum atomic E-state index is 0.0840. The van der Waals surface area contributed by atoms with Crippen LogP contribution in [0.1, 0.15) is 43.2 Å². The Morgan fingerprint density at radius 3 is 2.57 bits per heavy atom. The van der Waals surface area contributed by atoms with E-state index in [0.717, 1.165) is 49.6 Å². The maximum absolute atomic E-state index is 12.4. The maximum atomic E-state index is 12.4. The standard InChI is InChI=1S/C22H34N4O2/c1-23-11-8-18-9-13-25(14-10-18)17-21(27)24-15-19-5-2-3-6-20(19)16-26-12-4-7-22(26)28/h2-3,5-6,18,23H,4,7-17H2,1H3,(H,24,27). The van der Waals surface area contributed by atoms with Crippen LogP contribution in [0.5, 0.6) is 0 Å². The summed E-state index contributed by atoms with van der Waals surface area (Å²) < 4.78 is 0. The van der Waals surface area contributed by atoms with Gasteiger partial charge in [-0.1, -0.05) is 24.3 Å². The first-order valence-corrected chi connectivity index (χ1v) is 10.6. The highest BCUT2D eigenvalue weighted by Gasteiger charge is 2.22. The molecule has 0 saturated carbocycles. The second-order valence-electron chi connectivity index (χ2n) is 8.08.